The highest BCUT2D eigenvalue weighted by molar-refractivity contribution is 6.31. The summed E-state index contributed by atoms with van der Waals surface area (Å²) in [4.78, 5) is 60.2. The van der Waals surface area contributed by atoms with Gasteiger partial charge in [-0.1, -0.05) is 25.3 Å². The van der Waals surface area contributed by atoms with Crippen molar-refractivity contribution in [2.75, 3.05) is 14.2 Å². The number of aromatic nitrogens is 2. The number of hydrogen-bond donors (Lipinski definition) is 3. The van der Waals surface area contributed by atoms with Crippen LogP contribution in [0.5, 0.6) is 0 Å². The number of nitrogens with zero attached hydrogens (tertiary/aromatic N) is 1. The van der Waals surface area contributed by atoms with Crippen molar-refractivity contribution in [2.45, 2.75) is 65.8 Å². The van der Waals surface area contributed by atoms with Crippen LogP contribution in [0.1, 0.15) is 60.3 Å². The van der Waals surface area contributed by atoms with E-state index in [1.807, 2.05) is 32.9 Å². The Hall–Kier alpha value is -4.99. The van der Waals surface area contributed by atoms with Crippen LogP contribution in [-0.4, -0.2) is 59.7 Å². The van der Waals surface area contributed by atoms with Crippen LogP contribution in [0.3, 0.4) is 0 Å². The number of carbonyl (C=O) groups is 4. The van der Waals surface area contributed by atoms with Gasteiger partial charge in [0.15, 0.2) is 0 Å². The second-order valence-electron chi connectivity index (χ2n) is 11.2. The predicted octanol–water partition coefficient (Wildman–Crippen LogP) is 2.81. The molecule has 1 atom stereocenters. The summed E-state index contributed by atoms with van der Waals surface area (Å²) >= 11 is 0. The molecule has 2 aromatic heterocycles. The molecule has 0 spiro atoms. The van der Waals surface area contributed by atoms with Gasteiger partial charge in [0.05, 0.1) is 26.0 Å². The van der Waals surface area contributed by atoms with Crippen molar-refractivity contribution in [1.82, 2.24) is 15.3 Å². The first-order valence-corrected chi connectivity index (χ1v) is 14.8. The number of methoxy groups -OCH3 is 2. The molecule has 0 unspecified atom stereocenters. The molecule has 4 heterocycles. The van der Waals surface area contributed by atoms with Gasteiger partial charge in [-0.3, -0.25) is 19.2 Å². The summed E-state index contributed by atoms with van der Waals surface area (Å²) < 4.78 is 9.82. The number of esters is 2. The van der Waals surface area contributed by atoms with Crippen molar-refractivity contribution in [3.05, 3.63) is 91.9 Å². The van der Waals surface area contributed by atoms with Gasteiger partial charge in [-0.2, -0.15) is 0 Å². The van der Waals surface area contributed by atoms with Gasteiger partial charge in [0.2, 0.25) is 5.91 Å². The maximum atomic E-state index is 12.4. The minimum Gasteiger partial charge on any atom is -0.469 e. The Balaban J connectivity index is 1.87. The molecule has 0 bridgehead atoms. The van der Waals surface area contributed by atoms with Crippen molar-refractivity contribution >= 4 is 41.6 Å². The van der Waals surface area contributed by atoms with E-state index in [-0.39, 0.29) is 42.6 Å². The zero-order chi connectivity index (χ0) is 33.0. The lowest BCUT2D eigenvalue weighted by Gasteiger charge is -2.13. The van der Waals surface area contributed by atoms with Crippen LogP contribution in [0.2, 0.25) is 0 Å². The molecule has 0 radical (unpaired) electrons. The van der Waals surface area contributed by atoms with Gasteiger partial charge in [-0.25, -0.2) is 4.99 Å². The molecule has 10 nitrogen and oxygen atoms in total. The van der Waals surface area contributed by atoms with Crippen LogP contribution >= 0.6 is 0 Å². The number of allylic oxidation sites excluding steroid dienone is 1. The highest BCUT2D eigenvalue weighted by atomic mass is 16.5. The number of H-pyrrole nitrogens is 2. The maximum absolute atomic E-state index is 12.4. The predicted molar refractivity (Wildman–Crippen MR) is 173 cm³/mol. The van der Waals surface area contributed by atoms with Crippen LogP contribution in [0, 0.1) is 13.8 Å². The molecule has 0 saturated carbocycles. The largest absolute Gasteiger partial charge is 0.469 e. The Labute approximate surface area is 262 Å². The Kier molecular flexibility index (Phi) is 10.1. The summed E-state index contributed by atoms with van der Waals surface area (Å²) in [6, 6.07) is -0.232. The van der Waals surface area contributed by atoms with E-state index in [0.29, 0.717) is 36.1 Å². The van der Waals surface area contributed by atoms with Crippen molar-refractivity contribution in [3.8, 4) is 0 Å². The van der Waals surface area contributed by atoms with Gasteiger partial charge in [0, 0.05) is 52.5 Å². The molecule has 0 aliphatic carbocycles. The van der Waals surface area contributed by atoms with E-state index >= 15 is 0 Å². The summed E-state index contributed by atoms with van der Waals surface area (Å²) in [6.07, 6.45) is 8.76. The van der Waals surface area contributed by atoms with Crippen LogP contribution in [-0.2, 0) is 47.9 Å². The third-order valence-corrected chi connectivity index (χ3v) is 8.68. The first-order chi connectivity index (χ1) is 21.4. The number of ether oxygens (including phenoxy) is 2. The zero-order valence-electron chi connectivity index (χ0n) is 26.7. The molecule has 236 valence electrons. The van der Waals surface area contributed by atoms with Crippen molar-refractivity contribution in [1.29, 1.82) is 0 Å². The van der Waals surface area contributed by atoms with Gasteiger partial charge >= 0.3 is 11.9 Å². The van der Waals surface area contributed by atoms with E-state index < -0.39 is 0 Å². The molecule has 10 heteroatoms. The molecule has 2 amide bonds. The highest BCUT2D eigenvalue weighted by Crippen LogP contribution is 2.27. The average Bonchev–Trinajstić information content (AvgIpc) is 3.66. The molecule has 45 heavy (non-hydrogen) atoms. The number of amides is 2. The van der Waals surface area contributed by atoms with Crippen LogP contribution in [0.15, 0.2) is 52.6 Å². The molecule has 4 rings (SSSR count). The Bertz CT molecular complexity index is 1830. The third kappa shape index (κ3) is 6.74. The number of hydrogen-bond acceptors (Lipinski definition) is 6. The third-order valence-electron chi connectivity index (χ3n) is 8.68. The molecule has 2 aliphatic rings. The highest BCUT2D eigenvalue weighted by Gasteiger charge is 2.29. The van der Waals surface area contributed by atoms with Crippen molar-refractivity contribution in [3.63, 3.8) is 0 Å². The number of aromatic amines is 2. The standard InChI is InChI=1S/C35H40N4O6/c1-9-22-21(6)34(42)39-29(22)16-27-20(5)25(12-14-33(41)45-8)31(37-27)17-30-24(11-13-32(40)44-7)19(4)26(36-30)15-28-18(3)23(10-2)35(43)38-28/h9-10,15,17,29,36-37H,1-2,11-14,16H2,3-8H3,(H,39,42)/b26-15?,30-17-/t29-/m1/s1. The lowest BCUT2D eigenvalue weighted by atomic mass is 9.98. The fourth-order valence-electron chi connectivity index (χ4n) is 5.90. The summed E-state index contributed by atoms with van der Waals surface area (Å²) in [7, 11) is 2.72. The number of nitrogens with one attached hydrogen (secondary N) is 3. The van der Waals surface area contributed by atoms with Crippen molar-refractivity contribution < 1.29 is 28.7 Å². The molecule has 0 saturated heterocycles. The Morgan fingerprint density at radius 3 is 2.07 bits per heavy atom. The second kappa shape index (κ2) is 13.8. The number of rotatable bonds is 12. The van der Waals surface area contributed by atoms with Crippen LogP contribution in [0.25, 0.3) is 12.2 Å². The molecule has 0 aromatic carbocycles. The van der Waals surface area contributed by atoms with Crippen LogP contribution in [0.4, 0.5) is 0 Å². The van der Waals surface area contributed by atoms with Crippen LogP contribution < -0.4 is 16.0 Å². The second-order valence-corrected chi connectivity index (χ2v) is 11.2. The summed E-state index contributed by atoms with van der Waals surface area (Å²) in [5.74, 6) is -1.09. The Morgan fingerprint density at radius 1 is 0.844 bits per heavy atom. The topological polar surface area (TPSA) is 143 Å². The summed E-state index contributed by atoms with van der Waals surface area (Å²) in [5, 5.41) is 4.55. The van der Waals surface area contributed by atoms with E-state index in [9.17, 15) is 19.2 Å². The smallest absolute Gasteiger partial charge is 0.305 e. The molecular formula is C35H40N4O6. The fraction of sp³-hybridized carbons (Fsp3) is 0.343. The first kappa shape index (κ1) is 32.9. The number of carbonyl (C=O) groups excluding carboxylic acids is 4. The van der Waals surface area contributed by atoms with E-state index in [1.54, 1.807) is 13.0 Å². The van der Waals surface area contributed by atoms with E-state index in [4.69, 9.17) is 9.47 Å². The monoisotopic (exact) mass is 612 g/mol. The number of aliphatic imine (C=N–C) groups is 1. The normalized spacial score (nSPS) is 17.3. The quantitative estimate of drug-likeness (QED) is 0.315. The van der Waals surface area contributed by atoms with E-state index in [1.165, 1.54) is 20.3 Å². The molecule has 2 aliphatic heterocycles. The minimum atomic E-state index is -0.330. The van der Waals surface area contributed by atoms with Crippen molar-refractivity contribution in [2.24, 2.45) is 4.99 Å². The fourth-order valence-corrected chi connectivity index (χ4v) is 5.90. The summed E-state index contributed by atoms with van der Waals surface area (Å²) in [6.45, 7) is 15.2. The average molecular weight is 613 g/mol. The molecular weight excluding hydrogens is 572 g/mol. The Morgan fingerprint density at radius 2 is 1.49 bits per heavy atom. The van der Waals surface area contributed by atoms with Gasteiger partial charge in [0.1, 0.15) is 0 Å². The zero-order valence-corrected chi connectivity index (χ0v) is 26.7. The molecule has 0 fully saturated rings. The van der Waals surface area contributed by atoms with Gasteiger partial charge < -0.3 is 24.8 Å². The maximum Gasteiger partial charge on any atom is 0.305 e. The minimum absolute atomic E-state index is 0.114. The lowest BCUT2D eigenvalue weighted by molar-refractivity contribution is -0.141. The first-order valence-electron chi connectivity index (χ1n) is 14.8. The van der Waals surface area contributed by atoms with E-state index in [0.717, 1.165) is 55.5 Å². The SMILES string of the molecule is C=CC1=C(C)C(C=c2[nH]/c(=C\c3[nH]c(C[C@H]4NC(=O)C(C)=C4C=C)c(C)c3CCC(=O)OC)c(CCC(=O)OC)c2C)=NC1=O. The van der Waals surface area contributed by atoms with E-state index in [2.05, 4.69) is 33.4 Å². The summed E-state index contributed by atoms with van der Waals surface area (Å²) in [5.41, 5.74) is 8.71. The lowest BCUT2D eigenvalue weighted by Crippen LogP contribution is -2.30. The van der Waals surface area contributed by atoms with Gasteiger partial charge in [0.25, 0.3) is 5.91 Å². The molecule has 3 N–H and O–H groups in total. The molecule has 2 aromatic rings. The van der Waals surface area contributed by atoms with Gasteiger partial charge in [-0.05, 0) is 86.1 Å². The van der Waals surface area contributed by atoms with Gasteiger partial charge in [-0.15, -0.1) is 0 Å².